The Labute approximate surface area is 104 Å². The predicted octanol–water partition coefficient (Wildman–Crippen LogP) is 5.14. The van der Waals surface area contributed by atoms with E-state index in [-0.39, 0.29) is 5.82 Å². The topological polar surface area (TPSA) is 13.1 Å². The lowest BCUT2D eigenvalue weighted by Gasteiger charge is -1.94. The molecule has 2 aromatic carbocycles. The van der Waals surface area contributed by atoms with Crippen molar-refractivity contribution < 1.29 is 8.81 Å². The van der Waals surface area contributed by atoms with Gasteiger partial charge in [0.2, 0.25) is 0 Å². The van der Waals surface area contributed by atoms with Crippen LogP contribution in [0.2, 0.25) is 5.02 Å². The number of fused-ring (bicyclic) bond motifs is 3. The molecule has 0 saturated carbocycles. The molecule has 80 valence electrons. The predicted molar refractivity (Wildman–Crippen MR) is 66.4 cm³/mol. The zero-order valence-electron chi connectivity index (χ0n) is 7.93. The minimum Gasteiger partial charge on any atom is -0.456 e. The van der Waals surface area contributed by atoms with Crippen LogP contribution in [-0.4, -0.2) is 0 Å². The Kier molecular flexibility index (Phi) is 2.19. The molecular weight excluding hydrogens is 294 g/mol. The van der Waals surface area contributed by atoms with Gasteiger partial charge in [-0.15, -0.1) is 0 Å². The second-order valence-electron chi connectivity index (χ2n) is 3.50. The molecule has 16 heavy (non-hydrogen) atoms. The summed E-state index contributed by atoms with van der Waals surface area (Å²) in [5.74, 6) is -0.318. The van der Waals surface area contributed by atoms with Crippen molar-refractivity contribution in [1.82, 2.24) is 0 Å². The fourth-order valence-corrected chi connectivity index (χ4v) is 2.68. The highest BCUT2D eigenvalue weighted by molar-refractivity contribution is 9.10. The average molecular weight is 300 g/mol. The van der Waals surface area contributed by atoms with Crippen molar-refractivity contribution in [3.05, 3.63) is 45.6 Å². The zero-order chi connectivity index (χ0) is 11.3. The molecule has 0 unspecified atom stereocenters. The molecule has 0 radical (unpaired) electrons. The smallest absolute Gasteiger partial charge is 0.138 e. The van der Waals surface area contributed by atoms with Crippen LogP contribution in [-0.2, 0) is 0 Å². The summed E-state index contributed by atoms with van der Waals surface area (Å²) in [4.78, 5) is 0. The fourth-order valence-electron chi connectivity index (χ4n) is 1.80. The van der Waals surface area contributed by atoms with Gasteiger partial charge in [-0.25, -0.2) is 4.39 Å². The van der Waals surface area contributed by atoms with Gasteiger partial charge in [-0.05, 0) is 24.3 Å². The van der Waals surface area contributed by atoms with Crippen LogP contribution in [0.5, 0.6) is 0 Å². The standard InChI is InChI=1S/C12H5BrClFO/c13-6-3-9(14)12-8-2-1-7(15)5-10(8)16-11(12)4-6/h1-5H. The van der Waals surface area contributed by atoms with Crippen molar-refractivity contribution in [3.63, 3.8) is 0 Å². The van der Waals surface area contributed by atoms with Gasteiger partial charge in [0.25, 0.3) is 0 Å². The van der Waals surface area contributed by atoms with E-state index in [1.807, 2.05) is 6.07 Å². The van der Waals surface area contributed by atoms with Crippen LogP contribution < -0.4 is 0 Å². The number of hydrogen-bond acceptors (Lipinski definition) is 1. The van der Waals surface area contributed by atoms with Crippen LogP contribution in [0.3, 0.4) is 0 Å². The van der Waals surface area contributed by atoms with Crippen LogP contribution in [0, 0.1) is 5.82 Å². The second-order valence-corrected chi connectivity index (χ2v) is 4.83. The summed E-state index contributed by atoms with van der Waals surface area (Å²) in [6.07, 6.45) is 0. The van der Waals surface area contributed by atoms with Crippen molar-refractivity contribution in [3.8, 4) is 0 Å². The van der Waals surface area contributed by atoms with Crippen molar-refractivity contribution in [2.45, 2.75) is 0 Å². The summed E-state index contributed by atoms with van der Waals surface area (Å²) >= 11 is 9.48. The van der Waals surface area contributed by atoms with E-state index in [1.54, 1.807) is 12.1 Å². The molecule has 0 aliphatic rings. The van der Waals surface area contributed by atoms with Gasteiger partial charge in [0.1, 0.15) is 17.0 Å². The van der Waals surface area contributed by atoms with Crippen LogP contribution in [0.1, 0.15) is 0 Å². The van der Waals surface area contributed by atoms with E-state index in [2.05, 4.69) is 15.9 Å². The third-order valence-corrected chi connectivity index (χ3v) is 3.21. The van der Waals surface area contributed by atoms with E-state index >= 15 is 0 Å². The number of furan rings is 1. The highest BCUT2D eigenvalue weighted by atomic mass is 79.9. The maximum absolute atomic E-state index is 13.0. The van der Waals surface area contributed by atoms with Gasteiger partial charge in [-0.2, -0.15) is 0 Å². The van der Waals surface area contributed by atoms with E-state index in [1.165, 1.54) is 12.1 Å². The van der Waals surface area contributed by atoms with Crippen LogP contribution in [0.25, 0.3) is 21.9 Å². The molecule has 0 saturated heterocycles. The zero-order valence-corrected chi connectivity index (χ0v) is 10.3. The highest BCUT2D eigenvalue weighted by Gasteiger charge is 2.11. The maximum Gasteiger partial charge on any atom is 0.138 e. The summed E-state index contributed by atoms with van der Waals surface area (Å²) in [7, 11) is 0. The molecule has 0 amide bonds. The Bertz CT molecular complexity index is 705. The Morgan fingerprint density at radius 2 is 1.94 bits per heavy atom. The van der Waals surface area contributed by atoms with Gasteiger partial charge in [0.05, 0.1) is 5.02 Å². The molecule has 3 aromatic rings. The minimum atomic E-state index is -0.318. The molecule has 3 rings (SSSR count). The first kappa shape index (κ1) is 10.1. The summed E-state index contributed by atoms with van der Waals surface area (Å²) in [5, 5.41) is 2.24. The summed E-state index contributed by atoms with van der Waals surface area (Å²) in [5.41, 5.74) is 1.16. The van der Waals surface area contributed by atoms with Crippen LogP contribution in [0.15, 0.2) is 39.2 Å². The lowest BCUT2D eigenvalue weighted by Crippen LogP contribution is -1.72. The Hall–Kier alpha value is -1.06. The Morgan fingerprint density at radius 3 is 2.75 bits per heavy atom. The highest BCUT2D eigenvalue weighted by Crippen LogP contribution is 2.36. The second kappa shape index (κ2) is 3.47. The maximum atomic E-state index is 13.0. The van der Waals surface area contributed by atoms with E-state index in [0.717, 1.165) is 15.2 Å². The quantitative estimate of drug-likeness (QED) is 0.560. The van der Waals surface area contributed by atoms with Gasteiger partial charge in [0.15, 0.2) is 0 Å². The van der Waals surface area contributed by atoms with Gasteiger partial charge in [0, 0.05) is 21.3 Å². The van der Waals surface area contributed by atoms with Crippen molar-refractivity contribution >= 4 is 49.5 Å². The van der Waals surface area contributed by atoms with Gasteiger partial charge >= 0.3 is 0 Å². The Morgan fingerprint density at radius 1 is 1.12 bits per heavy atom. The molecular formula is C12H5BrClFO. The molecule has 1 nitrogen and oxygen atoms in total. The first-order chi connectivity index (χ1) is 7.65. The van der Waals surface area contributed by atoms with E-state index in [0.29, 0.717) is 16.2 Å². The minimum absolute atomic E-state index is 0.318. The van der Waals surface area contributed by atoms with Crippen molar-refractivity contribution in [2.75, 3.05) is 0 Å². The normalized spacial score (nSPS) is 11.4. The first-order valence-electron chi connectivity index (χ1n) is 4.62. The van der Waals surface area contributed by atoms with Gasteiger partial charge in [-0.3, -0.25) is 0 Å². The average Bonchev–Trinajstić information content (AvgIpc) is 2.54. The van der Waals surface area contributed by atoms with Gasteiger partial charge in [-0.1, -0.05) is 27.5 Å². The van der Waals surface area contributed by atoms with E-state index in [9.17, 15) is 4.39 Å². The molecule has 0 fully saturated rings. The lowest BCUT2D eigenvalue weighted by atomic mass is 10.1. The van der Waals surface area contributed by atoms with E-state index < -0.39 is 0 Å². The fraction of sp³-hybridized carbons (Fsp3) is 0. The van der Waals surface area contributed by atoms with Crippen molar-refractivity contribution in [1.29, 1.82) is 0 Å². The third kappa shape index (κ3) is 1.43. The monoisotopic (exact) mass is 298 g/mol. The molecule has 0 bridgehead atoms. The summed E-state index contributed by atoms with van der Waals surface area (Å²) in [6.45, 7) is 0. The Balaban J connectivity index is 2.56. The molecule has 0 spiro atoms. The van der Waals surface area contributed by atoms with Crippen molar-refractivity contribution in [2.24, 2.45) is 0 Å². The molecule has 0 atom stereocenters. The summed E-state index contributed by atoms with van der Waals surface area (Å²) < 4.78 is 19.4. The SMILES string of the molecule is Fc1ccc2c(c1)oc1cc(Br)cc(Cl)c12. The van der Waals surface area contributed by atoms with Crippen LogP contribution in [0.4, 0.5) is 4.39 Å². The molecule has 0 aliphatic carbocycles. The number of rotatable bonds is 0. The number of hydrogen-bond donors (Lipinski definition) is 0. The third-order valence-electron chi connectivity index (χ3n) is 2.45. The first-order valence-corrected chi connectivity index (χ1v) is 5.79. The molecule has 1 heterocycles. The number of benzene rings is 2. The summed E-state index contributed by atoms with van der Waals surface area (Å²) in [6, 6.07) is 8.05. The van der Waals surface area contributed by atoms with E-state index in [4.69, 9.17) is 16.0 Å². The largest absolute Gasteiger partial charge is 0.456 e. The molecule has 0 aliphatic heterocycles. The molecule has 4 heteroatoms. The van der Waals surface area contributed by atoms with Gasteiger partial charge < -0.3 is 4.42 Å². The number of halogens is 3. The molecule has 0 N–H and O–H groups in total. The molecule has 1 aromatic heterocycles. The lowest BCUT2D eigenvalue weighted by molar-refractivity contribution is 0.618. The van der Waals surface area contributed by atoms with Crippen LogP contribution >= 0.6 is 27.5 Å².